The van der Waals surface area contributed by atoms with Crippen molar-refractivity contribution < 1.29 is 9.53 Å². The maximum Gasteiger partial charge on any atom is 0.232 e. The van der Waals surface area contributed by atoms with Gasteiger partial charge < -0.3 is 10.5 Å². The van der Waals surface area contributed by atoms with Crippen molar-refractivity contribution in [2.45, 2.75) is 120 Å². The van der Waals surface area contributed by atoms with Crippen molar-refractivity contribution in [1.29, 1.82) is 0 Å². The lowest BCUT2D eigenvalue weighted by atomic mass is 9.61. The fraction of sp³-hybridized carbons (Fsp3) is 0.759. The number of allylic oxidation sites excluding steroid dienone is 2. The van der Waals surface area contributed by atoms with Crippen LogP contribution in [0.1, 0.15) is 108 Å². The van der Waals surface area contributed by atoms with Gasteiger partial charge in [0.05, 0.1) is 0 Å². The summed E-state index contributed by atoms with van der Waals surface area (Å²) in [7, 11) is 0. The number of rotatable bonds is 9. The molecule has 4 heteroatoms. The van der Waals surface area contributed by atoms with E-state index in [9.17, 15) is 4.79 Å². The average Bonchev–Trinajstić information content (AvgIpc) is 3.03. The van der Waals surface area contributed by atoms with Crippen molar-refractivity contribution in [1.82, 2.24) is 4.90 Å². The summed E-state index contributed by atoms with van der Waals surface area (Å²) in [6, 6.07) is 0. The molecule has 0 aromatic heterocycles. The van der Waals surface area contributed by atoms with Gasteiger partial charge in [-0.2, -0.15) is 0 Å². The van der Waals surface area contributed by atoms with Gasteiger partial charge in [0.15, 0.2) is 0 Å². The van der Waals surface area contributed by atoms with Gasteiger partial charge in [0.2, 0.25) is 5.91 Å². The van der Waals surface area contributed by atoms with Crippen LogP contribution in [0.3, 0.4) is 0 Å². The first kappa shape index (κ1) is 31.4. The average molecular weight is 463 g/mol. The van der Waals surface area contributed by atoms with E-state index in [1.807, 2.05) is 34.6 Å². The third-order valence-electron chi connectivity index (χ3n) is 7.96. The molecule has 1 heterocycles. The van der Waals surface area contributed by atoms with Gasteiger partial charge in [-0.3, -0.25) is 9.69 Å². The summed E-state index contributed by atoms with van der Waals surface area (Å²) in [5.41, 5.74) is 6.73. The molecule has 0 aromatic carbocycles. The molecule has 2 N–H and O–H groups in total. The van der Waals surface area contributed by atoms with E-state index in [4.69, 9.17) is 10.5 Å². The molecule has 2 atom stereocenters. The molecule has 33 heavy (non-hydrogen) atoms. The van der Waals surface area contributed by atoms with Gasteiger partial charge in [0.1, 0.15) is 17.0 Å². The van der Waals surface area contributed by atoms with Gasteiger partial charge in [-0.05, 0) is 42.6 Å². The van der Waals surface area contributed by atoms with Crippen LogP contribution in [0.25, 0.3) is 0 Å². The van der Waals surface area contributed by atoms with Crippen molar-refractivity contribution in [2.24, 2.45) is 28.4 Å². The standard InChI is InChI=1S/C25H42N2O2.2C2H6/c1-11-19(5)29-24(10)15-25(26,16-24)27-18(4)13-20(21(27)28)17(3)14-23(8,9)22(6,7)12-2;2*1-2/h11,17,20H,1,4-5,12-16,26H2,2-3,6-10H3;2*1-2H3. The molecule has 1 saturated carbocycles. The molecule has 1 amide bonds. The Morgan fingerprint density at radius 1 is 1.21 bits per heavy atom. The minimum Gasteiger partial charge on any atom is -0.488 e. The van der Waals surface area contributed by atoms with Crippen molar-refractivity contribution in [3.8, 4) is 0 Å². The van der Waals surface area contributed by atoms with E-state index in [-0.39, 0.29) is 28.6 Å². The van der Waals surface area contributed by atoms with Crippen molar-refractivity contribution >= 4 is 5.91 Å². The van der Waals surface area contributed by atoms with Crippen LogP contribution >= 0.6 is 0 Å². The van der Waals surface area contributed by atoms with Crippen LogP contribution in [0.2, 0.25) is 0 Å². The van der Waals surface area contributed by atoms with E-state index >= 15 is 0 Å². The van der Waals surface area contributed by atoms with Crippen LogP contribution < -0.4 is 5.73 Å². The highest BCUT2D eigenvalue weighted by atomic mass is 16.5. The monoisotopic (exact) mass is 462 g/mol. The molecule has 0 aromatic rings. The normalized spacial score (nSPS) is 28.0. The molecule has 0 bridgehead atoms. The molecule has 1 aliphatic carbocycles. The highest BCUT2D eigenvalue weighted by Crippen LogP contribution is 2.52. The Hall–Kier alpha value is -1.55. The molecular formula is C29H54N2O2. The number of hydrogen-bond donors (Lipinski definition) is 1. The summed E-state index contributed by atoms with van der Waals surface area (Å²) in [5.74, 6) is 0.885. The second-order valence-electron chi connectivity index (χ2n) is 11.0. The third kappa shape index (κ3) is 6.74. The molecule has 2 rings (SSSR count). The van der Waals surface area contributed by atoms with Crippen LogP contribution in [0, 0.1) is 22.7 Å². The number of likely N-dealkylation sites (tertiary alicyclic amines) is 1. The van der Waals surface area contributed by atoms with Crippen LogP contribution in [0.4, 0.5) is 0 Å². The van der Waals surface area contributed by atoms with Crippen LogP contribution in [0.5, 0.6) is 0 Å². The number of nitrogens with two attached hydrogens (primary N) is 1. The zero-order valence-corrected chi connectivity index (χ0v) is 23.7. The molecule has 0 spiro atoms. The highest BCUT2D eigenvalue weighted by molar-refractivity contribution is 5.85. The maximum atomic E-state index is 13.4. The molecule has 2 unspecified atom stereocenters. The second-order valence-corrected chi connectivity index (χ2v) is 11.0. The minimum absolute atomic E-state index is 0.0502. The topological polar surface area (TPSA) is 55.6 Å². The predicted octanol–water partition coefficient (Wildman–Crippen LogP) is 7.81. The van der Waals surface area contributed by atoms with E-state index in [1.165, 1.54) is 0 Å². The van der Waals surface area contributed by atoms with Crippen LogP contribution in [-0.2, 0) is 9.53 Å². The number of ether oxygens (including phenoxy) is 1. The molecule has 4 nitrogen and oxygen atoms in total. The van der Waals surface area contributed by atoms with Gasteiger partial charge in [0, 0.05) is 24.5 Å². The quantitative estimate of drug-likeness (QED) is 0.281. The SMILES string of the molecule is C=CC(=C)OC1(C)CC(N)(N2C(=C)CC(C(C)CC(C)(C)C(C)(C)CC)C2=O)C1.CC.CC. The summed E-state index contributed by atoms with van der Waals surface area (Å²) in [4.78, 5) is 15.2. The fourth-order valence-corrected chi connectivity index (χ4v) is 5.27. The predicted molar refractivity (Wildman–Crippen MR) is 143 cm³/mol. The lowest BCUT2D eigenvalue weighted by Crippen LogP contribution is -2.70. The Morgan fingerprint density at radius 2 is 1.70 bits per heavy atom. The maximum absolute atomic E-state index is 13.4. The number of carbonyl (C=O) groups excluding carboxylic acids is 1. The minimum atomic E-state index is -0.725. The smallest absolute Gasteiger partial charge is 0.232 e. The lowest BCUT2D eigenvalue weighted by Gasteiger charge is -2.56. The summed E-state index contributed by atoms with van der Waals surface area (Å²) in [6.07, 6.45) is 5.53. The second kappa shape index (κ2) is 11.7. The Labute approximate surface area is 205 Å². The molecule has 2 aliphatic rings. The van der Waals surface area contributed by atoms with Gasteiger partial charge in [-0.25, -0.2) is 0 Å². The van der Waals surface area contributed by atoms with Gasteiger partial charge >= 0.3 is 0 Å². The van der Waals surface area contributed by atoms with E-state index in [2.05, 4.69) is 61.3 Å². The summed E-state index contributed by atoms with van der Waals surface area (Å²) in [6.45, 7) is 35.5. The summed E-state index contributed by atoms with van der Waals surface area (Å²) < 4.78 is 5.88. The molecule has 2 fully saturated rings. The van der Waals surface area contributed by atoms with E-state index in [0.29, 0.717) is 25.0 Å². The summed E-state index contributed by atoms with van der Waals surface area (Å²) >= 11 is 0. The fourth-order valence-electron chi connectivity index (χ4n) is 5.27. The zero-order valence-electron chi connectivity index (χ0n) is 23.7. The Balaban J connectivity index is 0.00000242. The van der Waals surface area contributed by atoms with Crippen molar-refractivity contribution in [2.75, 3.05) is 0 Å². The molecule has 192 valence electrons. The first-order valence-corrected chi connectivity index (χ1v) is 12.9. The highest BCUT2D eigenvalue weighted by Gasteiger charge is 2.59. The Morgan fingerprint density at radius 3 is 2.12 bits per heavy atom. The third-order valence-corrected chi connectivity index (χ3v) is 7.96. The van der Waals surface area contributed by atoms with Gasteiger partial charge in [0.25, 0.3) is 0 Å². The summed E-state index contributed by atoms with van der Waals surface area (Å²) in [5, 5.41) is 0. The van der Waals surface area contributed by atoms with Crippen LogP contribution in [-0.4, -0.2) is 22.1 Å². The van der Waals surface area contributed by atoms with Crippen LogP contribution in [0.15, 0.2) is 37.3 Å². The molecule has 1 saturated heterocycles. The van der Waals surface area contributed by atoms with Crippen molar-refractivity contribution in [3.63, 3.8) is 0 Å². The molecule has 0 radical (unpaired) electrons. The van der Waals surface area contributed by atoms with Gasteiger partial charge in [-0.1, -0.05) is 95.4 Å². The Kier molecular flexibility index (Phi) is 11.2. The lowest BCUT2D eigenvalue weighted by molar-refractivity contribution is -0.160. The first-order chi connectivity index (χ1) is 15.1. The van der Waals surface area contributed by atoms with E-state index < -0.39 is 11.3 Å². The number of carbonyl (C=O) groups is 1. The number of amides is 1. The number of nitrogens with zero attached hydrogens (tertiary/aromatic N) is 1. The zero-order chi connectivity index (χ0) is 26.4. The largest absolute Gasteiger partial charge is 0.488 e. The van der Waals surface area contributed by atoms with Crippen molar-refractivity contribution in [3.05, 3.63) is 37.3 Å². The molecule has 1 aliphatic heterocycles. The number of hydrogen-bond acceptors (Lipinski definition) is 3. The Bertz CT molecular complexity index is 698. The first-order valence-electron chi connectivity index (χ1n) is 12.9. The van der Waals surface area contributed by atoms with Gasteiger partial charge in [-0.15, -0.1) is 0 Å². The van der Waals surface area contributed by atoms with E-state index in [0.717, 1.165) is 18.5 Å². The van der Waals surface area contributed by atoms with E-state index in [1.54, 1.807) is 11.0 Å². The molecular weight excluding hydrogens is 408 g/mol.